The van der Waals surface area contributed by atoms with Crippen LogP contribution in [-0.2, 0) is 4.79 Å². The smallest absolute Gasteiger partial charge is 0.147 e. The van der Waals surface area contributed by atoms with E-state index in [0.717, 1.165) is 0 Å². The summed E-state index contributed by atoms with van der Waals surface area (Å²) in [6.07, 6.45) is 10.9. The first-order valence-corrected chi connectivity index (χ1v) is 5.95. The van der Waals surface area contributed by atoms with Crippen molar-refractivity contribution in [3.8, 4) is 0 Å². The molecule has 2 aliphatic rings. The van der Waals surface area contributed by atoms with Crippen LogP contribution < -0.4 is 0 Å². The Balaban J connectivity index is 2.51. The number of Topliss-reactive ketones (excluding diaryl/α,β-unsaturated/α-hetero) is 1. The van der Waals surface area contributed by atoms with Gasteiger partial charge in [-0.1, -0.05) is 51.2 Å². The minimum Gasteiger partial charge on any atom is -0.298 e. The maximum absolute atomic E-state index is 12.2. The van der Waals surface area contributed by atoms with Gasteiger partial charge in [-0.25, -0.2) is 0 Å². The minimum atomic E-state index is -0.360. The van der Waals surface area contributed by atoms with E-state index < -0.39 is 0 Å². The number of allylic oxidation sites excluding steroid dienone is 6. The standard InChI is InChI=1S/C15H20O/c1-14(2,3)12-10-13(16)15(4)9-7-5-6-8-11(12)15/h5-9,12H,10H2,1-4H3/t12-,15-/m1/s1. The molecule has 1 fully saturated rings. The summed E-state index contributed by atoms with van der Waals surface area (Å²) in [5.41, 5.74) is 1.09. The van der Waals surface area contributed by atoms with E-state index in [0.29, 0.717) is 18.1 Å². The number of carbonyl (C=O) groups excluding carboxylic acids is 1. The maximum Gasteiger partial charge on any atom is 0.147 e. The van der Waals surface area contributed by atoms with E-state index >= 15 is 0 Å². The summed E-state index contributed by atoms with van der Waals surface area (Å²) in [7, 11) is 0. The molecule has 16 heavy (non-hydrogen) atoms. The van der Waals surface area contributed by atoms with Crippen molar-refractivity contribution in [1.29, 1.82) is 0 Å². The molecular formula is C15H20O. The Bertz CT molecular complexity index is 404. The Kier molecular flexibility index (Phi) is 2.45. The van der Waals surface area contributed by atoms with Gasteiger partial charge >= 0.3 is 0 Å². The summed E-state index contributed by atoms with van der Waals surface area (Å²) in [5, 5.41) is 0. The van der Waals surface area contributed by atoms with E-state index in [1.165, 1.54) is 5.57 Å². The van der Waals surface area contributed by atoms with E-state index in [2.05, 4.69) is 45.9 Å². The van der Waals surface area contributed by atoms with E-state index in [9.17, 15) is 4.79 Å². The zero-order valence-corrected chi connectivity index (χ0v) is 10.6. The van der Waals surface area contributed by atoms with Gasteiger partial charge < -0.3 is 0 Å². The number of rotatable bonds is 0. The van der Waals surface area contributed by atoms with Gasteiger partial charge in [-0.05, 0) is 23.8 Å². The van der Waals surface area contributed by atoms with Crippen LogP contribution in [0.3, 0.4) is 0 Å². The highest BCUT2D eigenvalue weighted by atomic mass is 16.1. The number of hydrogen-bond acceptors (Lipinski definition) is 1. The molecule has 0 saturated heterocycles. The predicted octanol–water partition coefficient (Wildman–Crippen LogP) is 3.68. The van der Waals surface area contributed by atoms with Crippen molar-refractivity contribution in [2.24, 2.45) is 16.7 Å². The first kappa shape index (κ1) is 11.4. The number of hydrogen-bond donors (Lipinski definition) is 0. The summed E-state index contributed by atoms with van der Waals surface area (Å²) in [4.78, 5) is 12.2. The van der Waals surface area contributed by atoms with Gasteiger partial charge in [-0.15, -0.1) is 0 Å². The lowest BCUT2D eigenvalue weighted by Crippen LogP contribution is -2.23. The Labute approximate surface area is 97.9 Å². The van der Waals surface area contributed by atoms with Crippen molar-refractivity contribution < 1.29 is 4.79 Å². The zero-order valence-electron chi connectivity index (χ0n) is 10.6. The Morgan fingerprint density at radius 1 is 1.25 bits per heavy atom. The summed E-state index contributed by atoms with van der Waals surface area (Å²) < 4.78 is 0. The molecule has 0 bridgehead atoms. The molecule has 86 valence electrons. The molecular weight excluding hydrogens is 196 g/mol. The van der Waals surface area contributed by atoms with Gasteiger partial charge in [0, 0.05) is 6.42 Å². The molecule has 0 unspecified atom stereocenters. The highest BCUT2D eigenvalue weighted by molar-refractivity contribution is 5.94. The molecule has 0 N–H and O–H groups in total. The SMILES string of the molecule is CC(C)(C)[C@@H]1CC(=O)[C@]2(C)C=CC=CC=C12. The second-order valence-electron chi connectivity index (χ2n) is 6.11. The van der Waals surface area contributed by atoms with Crippen molar-refractivity contribution in [2.45, 2.75) is 34.1 Å². The monoisotopic (exact) mass is 216 g/mol. The molecule has 0 aromatic rings. The molecule has 0 aromatic heterocycles. The summed E-state index contributed by atoms with van der Waals surface area (Å²) in [6, 6.07) is 0. The van der Waals surface area contributed by atoms with Crippen molar-refractivity contribution >= 4 is 5.78 Å². The van der Waals surface area contributed by atoms with Gasteiger partial charge in [0.05, 0.1) is 5.41 Å². The first-order valence-electron chi connectivity index (χ1n) is 5.95. The molecule has 0 heterocycles. The molecule has 2 rings (SSSR count). The zero-order chi connectivity index (χ0) is 12.0. The molecule has 1 saturated carbocycles. The van der Waals surface area contributed by atoms with Crippen molar-refractivity contribution in [1.82, 2.24) is 0 Å². The van der Waals surface area contributed by atoms with Gasteiger partial charge in [-0.3, -0.25) is 4.79 Å². The van der Waals surface area contributed by atoms with E-state index in [-0.39, 0.29) is 10.8 Å². The highest BCUT2D eigenvalue weighted by Crippen LogP contribution is 2.51. The van der Waals surface area contributed by atoms with Crippen molar-refractivity contribution in [2.75, 3.05) is 0 Å². The van der Waals surface area contributed by atoms with Crippen LogP contribution >= 0.6 is 0 Å². The minimum absolute atomic E-state index is 0.158. The molecule has 0 aliphatic heterocycles. The Morgan fingerprint density at radius 3 is 2.56 bits per heavy atom. The molecule has 0 aromatic carbocycles. The van der Waals surface area contributed by atoms with Crippen molar-refractivity contribution in [3.05, 3.63) is 36.0 Å². The number of carbonyl (C=O) groups is 1. The topological polar surface area (TPSA) is 17.1 Å². The first-order chi connectivity index (χ1) is 7.36. The fraction of sp³-hybridized carbons (Fsp3) is 0.533. The van der Waals surface area contributed by atoms with Crippen LogP contribution in [0.5, 0.6) is 0 Å². The van der Waals surface area contributed by atoms with Gasteiger partial charge in [0.15, 0.2) is 0 Å². The molecule has 1 heteroatoms. The second-order valence-corrected chi connectivity index (χ2v) is 6.11. The van der Waals surface area contributed by atoms with Gasteiger partial charge in [0.2, 0.25) is 0 Å². The van der Waals surface area contributed by atoms with E-state index in [1.54, 1.807) is 0 Å². The maximum atomic E-state index is 12.2. The lowest BCUT2D eigenvalue weighted by Gasteiger charge is -2.30. The van der Waals surface area contributed by atoms with Crippen LogP contribution in [0.2, 0.25) is 0 Å². The molecule has 0 spiro atoms. The normalized spacial score (nSPS) is 33.6. The lowest BCUT2D eigenvalue weighted by atomic mass is 9.73. The quantitative estimate of drug-likeness (QED) is 0.603. The van der Waals surface area contributed by atoms with E-state index in [4.69, 9.17) is 0 Å². The molecule has 2 aliphatic carbocycles. The van der Waals surface area contributed by atoms with Crippen molar-refractivity contribution in [3.63, 3.8) is 0 Å². The van der Waals surface area contributed by atoms with E-state index in [1.807, 2.05) is 12.2 Å². The summed E-state index contributed by atoms with van der Waals surface area (Å²) in [5.74, 6) is 0.732. The fourth-order valence-corrected chi connectivity index (χ4v) is 2.75. The van der Waals surface area contributed by atoms with Gasteiger partial charge in [0.25, 0.3) is 0 Å². The fourth-order valence-electron chi connectivity index (χ4n) is 2.75. The summed E-state index contributed by atoms with van der Waals surface area (Å²) >= 11 is 0. The van der Waals surface area contributed by atoms with Crippen LogP contribution in [0, 0.1) is 16.7 Å². The summed E-state index contributed by atoms with van der Waals surface area (Å²) in [6.45, 7) is 8.71. The molecule has 0 amide bonds. The van der Waals surface area contributed by atoms with Crippen LogP contribution in [0.4, 0.5) is 0 Å². The molecule has 2 atom stereocenters. The molecule has 1 nitrogen and oxygen atoms in total. The van der Waals surface area contributed by atoms with Crippen LogP contribution in [0.25, 0.3) is 0 Å². The average Bonchev–Trinajstić information content (AvgIpc) is 2.35. The van der Waals surface area contributed by atoms with Crippen LogP contribution in [0.15, 0.2) is 36.0 Å². The average molecular weight is 216 g/mol. The van der Waals surface area contributed by atoms with Crippen LogP contribution in [0.1, 0.15) is 34.1 Å². The Morgan fingerprint density at radius 2 is 1.94 bits per heavy atom. The number of ketones is 1. The highest BCUT2D eigenvalue weighted by Gasteiger charge is 2.49. The lowest BCUT2D eigenvalue weighted by molar-refractivity contribution is -0.122. The largest absolute Gasteiger partial charge is 0.298 e. The third-order valence-corrected chi connectivity index (χ3v) is 3.92. The van der Waals surface area contributed by atoms with Gasteiger partial charge in [0.1, 0.15) is 5.78 Å². The van der Waals surface area contributed by atoms with Gasteiger partial charge in [-0.2, -0.15) is 0 Å². The van der Waals surface area contributed by atoms with Crippen LogP contribution in [-0.4, -0.2) is 5.78 Å². The molecule has 0 radical (unpaired) electrons. The third-order valence-electron chi connectivity index (χ3n) is 3.92. The third kappa shape index (κ3) is 1.59. The predicted molar refractivity (Wildman–Crippen MR) is 67.0 cm³/mol. The Hall–Kier alpha value is -1.11. The number of fused-ring (bicyclic) bond motifs is 1. The second kappa shape index (κ2) is 3.44.